The third-order valence-corrected chi connectivity index (χ3v) is 2.85. The van der Waals surface area contributed by atoms with E-state index >= 15 is 0 Å². The first kappa shape index (κ1) is 9.71. The summed E-state index contributed by atoms with van der Waals surface area (Å²) in [6.07, 6.45) is 2.35. The van der Waals surface area contributed by atoms with E-state index in [9.17, 15) is 0 Å². The largest absolute Gasteiger partial charge is 0.361 e. The Balaban J connectivity index is 2.09. The molecular formula is C11H18N2O. The lowest BCUT2D eigenvalue weighted by atomic mass is 10.1. The molecule has 0 bridgehead atoms. The summed E-state index contributed by atoms with van der Waals surface area (Å²) in [5.41, 5.74) is 2.46. The summed E-state index contributed by atoms with van der Waals surface area (Å²) in [6.45, 7) is 7.33. The van der Waals surface area contributed by atoms with Crippen LogP contribution in [0.3, 0.4) is 0 Å². The van der Waals surface area contributed by atoms with Crippen molar-refractivity contribution in [3.8, 4) is 0 Å². The maximum absolute atomic E-state index is 5.36. The number of aromatic nitrogens is 1. The Morgan fingerprint density at radius 1 is 1.57 bits per heavy atom. The van der Waals surface area contributed by atoms with Crippen molar-refractivity contribution in [1.29, 1.82) is 0 Å². The Morgan fingerprint density at radius 3 is 3.07 bits per heavy atom. The second kappa shape index (κ2) is 3.73. The van der Waals surface area contributed by atoms with Gasteiger partial charge in [0.1, 0.15) is 11.5 Å². The van der Waals surface area contributed by atoms with E-state index in [0.717, 1.165) is 24.4 Å². The topological polar surface area (TPSA) is 38.1 Å². The Labute approximate surface area is 84.9 Å². The van der Waals surface area contributed by atoms with Gasteiger partial charge in [-0.1, -0.05) is 25.9 Å². The fourth-order valence-electron chi connectivity index (χ4n) is 1.94. The number of hydrogen-bond donors (Lipinski definition) is 1. The molecule has 78 valence electrons. The predicted octanol–water partition coefficient (Wildman–Crippen LogP) is 2.22. The van der Waals surface area contributed by atoms with Gasteiger partial charge in [0.25, 0.3) is 0 Å². The average Bonchev–Trinajstić information content (AvgIpc) is 2.66. The normalized spacial score (nSPS) is 20.4. The first-order valence-corrected chi connectivity index (χ1v) is 5.39. The van der Waals surface area contributed by atoms with Crippen LogP contribution in [-0.4, -0.2) is 11.2 Å². The fraction of sp³-hybridized carbons (Fsp3) is 0.727. The van der Waals surface area contributed by atoms with Gasteiger partial charge in [-0.05, 0) is 12.8 Å². The fourth-order valence-corrected chi connectivity index (χ4v) is 1.94. The standard InChI is InChI=1S/C11H18N2O/c1-7(2)12-6-10-9-5-4-8(3)11(9)14-13-10/h7-8,12H,4-6H2,1-3H3. The average molecular weight is 194 g/mol. The Hall–Kier alpha value is -0.830. The maximum Gasteiger partial charge on any atom is 0.143 e. The zero-order chi connectivity index (χ0) is 10.1. The molecule has 1 atom stereocenters. The summed E-state index contributed by atoms with van der Waals surface area (Å²) in [4.78, 5) is 0. The van der Waals surface area contributed by atoms with Gasteiger partial charge in [0.15, 0.2) is 0 Å². The molecule has 1 aliphatic carbocycles. The van der Waals surface area contributed by atoms with Gasteiger partial charge in [-0.15, -0.1) is 0 Å². The molecule has 3 heteroatoms. The van der Waals surface area contributed by atoms with Gasteiger partial charge in [-0.3, -0.25) is 0 Å². The summed E-state index contributed by atoms with van der Waals surface area (Å²) in [5.74, 6) is 1.68. The Kier molecular flexibility index (Phi) is 2.59. The van der Waals surface area contributed by atoms with Crippen LogP contribution in [0.5, 0.6) is 0 Å². The lowest BCUT2D eigenvalue weighted by Gasteiger charge is -2.05. The van der Waals surface area contributed by atoms with Crippen molar-refractivity contribution >= 4 is 0 Å². The molecular weight excluding hydrogens is 176 g/mol. The second-order valence-electron chi connectivity index (χ2n) is 4.45. The highest BCUT2D eigenvalue weighted by atomic mass is 16.5. The van der Waals surface area contributed by atoms with Crippen molar-refractivity contribution in [1.82, 2.24) is 10.5 Å². The molecule has 1 aliphatic rings. The molecule has 3 nitrogen and oxygen atoms in total. The van der Waals surface area contributed by atoms with Crippen LogP contribution in [0.2, 0.25) is 0 Å². The van der Waals surface area contributed by atoms with E-state index in [1.54, 1.807) is 0 Å². The van der Waals surface area contributed by atoms with E-state index in [1.807, 2.05) is 0 Å². The molecule has 0 amide bonds. The van der Waals surface area contributed by atoms with Crippen molar-refractivity contribution in [2.45, 2.75) is 52.1 Å². The van der Waals surface area contributed by atoms with E-state index in [2.05, 4.69) is 31.2 Å². The van der Waals surface area contributed by atoms with Crippen LogP contribution in [0.15, 0.2) is 4.52 Å². The van der Waals surface area contributed by atoms with Crippen LogP contribution >= 0.6 is 0 Å². The summed E-state index contributed by atoms with van der Waals surface area (Å²) < 4.78 is 5.36. The minimum absolute atomic E-state index is 0.501. The number of hydrogen-bond acceptors (Lipinski definition) is 3. The summed E-state index contributed by atoms with van der Waals surface area (Å²) in [5, 5.41) is 7.49. The number of fused-ring (bicyclic) bond motifs is 1. The van der Waals surface area contributed by atoms with E-state index < -0.39 is 0 Å². The Bertz CT molecular complexity index is 317. The highest BCUT2D eigenvalue weighted by Crippen LogP contribution is 2.34. The molecule has 1 aromatic heterocycles. The van der Waals surface area contributed by atoms with Gasteiger partial charge in [0, 0.05) is 24.1 Å². The summed E-state index contributed by atoms with van der Waals surface area (Å²) in [6, 6.07) is 0.501. The van der Waals surface area contributed by atoms with Gasteiger partial charge in [-0.25, -0.2) is 0 Å². The zero-order valence-corrected chi connectivity index (χ0v) is 9.13. The first-order valence-electron chi connectivity index (χ1n) is 5.39. The molecule has 0 aliphatic heterocycles. The predicted molar refractivity (Wildman–Crippen MR) is 55.2 cm³/mol. The molecule has 0 aromatic carbocycles. The molecule has 1 N–H and O–H groups in total. The van der Waals surface area contributed by atoms with E-state index in [0.29, 0.717) is 12.0 Å². The van der Waals surface area contributed by atoms with Crippen molar-refractivity contribution in [3.63, 3.8) is 0 Å². The summed E-state index contributed by atoms with van der Waals surface area (Å²) >= 11 is 0. The molecule has 0 saturated heterocycles. The highest BCUT2D eigenvalue weighted by Gasteiger charge is 2.26. The van der Waals surface area contributed by atoms with E-state index in [4.69, 9.17) is 4.52 Å². The smallest absolute Gasteiger partial charge is 0.143 e. The van der Waals surface area contributed by atoms with Crippen LogP contribution in [0.1, 0.15) is 50.1 Å². The van der Waals surface area contributed by atoms with E-state index in [1.165, 1.54) is 12.0 Å². The lowest BCUT2D eigenvalue weighted by Crippen LogP contribution is -2.22. The molecule has 1 unspecified atom stereocenters. The zero-order valence-electron chi connectivity index (χ0n) is 9.13. The number of nitrogens with one attached hydrogen (secondary N) is 1. The van der Waals surface area contributed by atoms with Crippen LogP contribution in [0.25, 0.3) is 0 Å². The van der Waals surface area contributed by atoms with Crippen molar-refractivity contribution in [3.05, 3.63) is 17.0 Å². The van der Waals surface area contributed by atoms with Gasteiger partial charge in [0.2, 0.25) is 0 Å². The monoisotopic (exact) mass is 194 g/mol. The molecule has 1 heterocycles. The van der Waals surface area contributed by atoms with Crippen LogP contribution in [-0.2, 0) is 13.0 Å². The highest BCUT2D eigenvalue weighted by molar-refractivity contribution is 5.30. The molecule has 1 aromatic rings. The van der Waals surface area contributed by atoms with Crippen molar-refractivity contribution < 1.29 is 4.52 Å². The quantitative estimate of drug-likeness (QED) is 0.801. The SMILES string of the molecule is CC(C)NCc1noc2c1CCC2C. The lowest BCUT2D eigenvalue weighted by molar-refractivity contribution is 0.360. The van der Waals surface area contributed by atoms with Crippen LogP contribution in [0, 0.1) is 0 Å². The molecule has 0 fully saturated rings. The van der Waals surface area contributed by atoms with Crippen molar-refractivity contribution in [2.24, 2.45) is 0 Å². The molecule has 14 heavy (non-hydrogen) atoms. The van der Waals surface area contributed by atoms with E-state index in [-0.39, 0.29) is 0 Å². The second-order valence-corrected chi connectivity index (χ2v) is 4.45. The third-order valence-electron chi connectivity index (χ3n) is 2.85. The van der Waals surface area contributed by atoms with Crippen molar-refractivity contribution in [2.75, 3.05) is 0 Å². The van der Waals surface area contributed by atoms with Gasteiger partial charge in [0.05, 0.1) is 0 Å². The third kappa shape index (κ3) is 1.69. The van der Waals surface area contributed by atoms with Crippen LogP contribution in [0.4, 0.5) is 0 Å². The molecule has 0 saturated carbocycles. The van der Waals surface area contributed by atoms with Crippen LogP contribution < -0.4 is 5.32 Å². The minimum Gasteiger partial charge on any atom is -0.361 e. The number of nitrogens with zero attached hydrogens (tertiary/aromatic N) is 1. The number of rotatable bonds is 3. The van der Waals surface area contributed by atoms with Gasteiger partial charge in [-0.2, -0.15) is 0 Å². The molecule has 0 spiro atoms. The maximum atomic E-state index is 5.36. The molecule has 0 radical (unpaired) electrons. The first-order chi connectivity index (χ1) is 6.68. The summed E-state index contributed by atoms with van der Waals surface area (Å²) in [7, 11) is 0. The Morgan fingerprint density at radius 2 is 2.36 bits per heavy atom. The molecule has 2 rings (SSSR count). The van der Waals surface area contributed by atoms with Gasteiger partial charge >= 0.3 is 0 Å². The van der Waals surface area contributed by atoms with Gasteiger partial charge < -0.3 is 9.84 Å². The minimum atomic E-state index is 0.501.